The number of nitrogens with one attached hydrogen (secondary N) is 1. The van der Waals surface area contributed by atoms with E-state index in [1.165, 1.54) is 11.0 Å². The molecule has 0 unspecified atom stereocenters. The second-order valence-electron chi connectivity index (χ2n) is 9.16. The average molecular weight is 430 g/mol. The minimum atomic E-state index is -0.446. The summed E-state index contributed by atoms with van der Waals surface area (Å²) in [5.41, 5.74) is 0.567. The fraction of sp³-hybridized carbons (Fsp3) is 0.565. The number of hydrogen-bond donors (Lipinski definition) is 1. The highest BCUT2D eigenvalue weighted by Crippen LogP contribution is 2.25. The number of likely N-dealkylation sites (tertiary alicyclic amines) is 1. The molecule has 1 N–H and O–H groups in total. The zero-order valence-corrected chi connectivity index (χ0v) is 18.7. The van der Waals surface area contributed by atoms with Gasteiger partial charge in [-0.3, -0.25) is 24.1 Å². The maximum atomic E-state index is 13.0. The highest BCUT2D eigenvalue weighted by molar-refractivity contribution is 6.22. The minimum Gasteiger partial charge on any atom is -0.385 e. The Hall–Kier alpha value is -2.74. The number of hydrogen-bond acceptors (Lipinski definition) is 5. The third-order valence-corrected chi connectivity index (χ3v) is 5.75. The Kier molecular flexibility index (Phi) is 6.79. The van der Waals surface area contributed by atoms with Gasteiger partial charge in [-0.05, 0) is 37.5 Å². The van der Waals surface area contributed by atoms with E-state index in [1.54, 1.807) is 24.1 Å². The van der Waals surface area contributed by atoms with E-state index in [4.69, 9.17) is 4.74 Å². The number of piperidine rings is 1. The van der Waals surface area contributed by atoms with Gasteiger partial charge in [0.1, 0.15) is 0 Å². The molecule has 8 heteroatoms. The van der Waals surface area contributed by atoms with E-state index in [0.717, 1.165) is 0 Å². The summed E-state index contributed by atoms with van der Waals surface area (Å²) in [7, 11) is 1.57. The van der Waals surface area contributed by atoms with Crippen LogP contribution in [0.15, 0.2) is 18.2 Å². The van der Waals surface area contributed by atoms with Crippen molar-refractivity contribution >= 4 is 23.6 Å². The third-order valence-electron chi connectivity index (χ3n) is 5.75. The predicted molar refractivity (Wildman–Crippen MR) is 115 cm³/mol. The van der Waals surface area contributed by atoms with E-state index in [2.05, 4.69) is 5.32 Å². The predicted octanol–water partition coefficient (Wildman–Crippen LogP) is 2.09. The molecule has 0 radical (unpaired) electrons. The normalized spacial score (nSPS) is 17.2. The van der Waals surface area contributed by atoms with Crippen molar-refractivity contribution in [1.82, 2.24) is 15.1 Å². The summed E-state index contributed by atoms with van der Waals surface area (Å²) in [6.45, 7) is 7.43. The quantitative estimate of drug-likeness (QED) is 0.552. The number of imide groups is 1. The Labute approximate surface area is 182 Å². The number of carbonyl (C=O) groups excluding carboxylic acids is 4. The Morgan fingerprint density at radius 2 is 1.74 bits per heavy atom. The van der Waals surface area contributed by atoms with Crippen LogP contribution in [0.3, 0.4) is 0 Å². The van der Waals surface area contributed by atoms with Gasteiger partial charge in [0.2, 0.25) is 5.91 Å². The first-order valence-electron chi connectivity index (χ1n) is 10.7. The zero-order valence-electron chi connectivity index (χ0n) is 18.7. The number of methoxy groups -OCH3 is 1. The van der Waals surface area contributed by atoms with Gasteiger partial charge in [0.15, 0.2) is 0 Å². The van der Waals surface area contributed by atoms with Crippen LogP contribution in [0.4, 0.5) is 0 Å². The molecule has 0 bridgehead atoms. The van der Waals surface area contributed by atoms with Crippen molar-refractivity contribution in [3.8, 4) is 0 Å². The van der Waals surface area contributed by atoms with Crippen LogP contribution in [0.5, 0.6) is 0 Å². The molecule has 0 saturated carbocycles. The summed E-state index contributed by atoms with van der Waals surface area (Å²) in [4.78, 5) is 53.3. The number of fused-ring (bicyclic) bond motifs is 1. The van der Waals surface area contributed by atoms with Crippen LogP contribution in [0.1, 0.15) is 71.1 Å². The van der Waals surface area contributed by atoms with E-state index >= 15 is 0 Å². The number of ether oxygens (including phenoxy) is 1. The van der Waals surface area contributed by atoms with Crippen molar-refractivity contribution in [3.05, 3.63) is 34.9 Å². The first kappa shape index (κ1) is 22.9. The van der Waals surface area contributed by atoms with Crippen LogP contribution < -0.4 is 5.32 Å². The van der Waals surface area contributed by atoms with E-state index in [9.17, 15) is 19.2 Å². The minimum absolute atomic E-state index is 0.00846. The molecule has 0 aliphatic carbocycles. The second kappa shape index (κ2) is 9.18. The lowest BCUT2D eigenvalue weighted by atomic mass is 9.94. The van der Waals surface area contributed by atoms with Gasteiger partial charge in [0, 0.05) is 50.4 Å². The van der Waals surface area contributed by atoms with Crippen LogP contribution in [-0.4, -0.2) is 72.8 Å². The lowest BCUT2D eigenvalue weighted by molar-refractivity contribution is -0.129. The van der Waals surface area contributed by atoms with E-state index < -0.39 is 5.41 Å². The average Bonchev–Trinajstić information content (AvgIpc) is 2.97. The highest BCUT2D eigenvalue weighted by atomic mass is 16.5. The topological polar surface area (TPSA) is 96.0 Å². The van der Waals surface area contributed by atoms with Crippen LogP contribution in [0, 0.1) is 5.41 Å². The van der Waals surface area contributed by atoms with E-state index in [-0.39, 0.29) is 41.8 Å². The molecule has 2 heterocycles. The maximum absolute atomic E-state index is 13.0. The van der Waals surface area contributed by atoms with Crippen molar-refractivity contribution in [2.45, 2.75) is 46.1 Å². The van der Waals surface area contributed by atoms with Gasteiger partial charge in [-0.15, -0.1) is 0 Å². The summed E-state index contributed by atoms with van der Waals surface area (Å²) in [5.74, 6) is -0.851. The number of carbonyl (C=O) groups is 4. The summed E-state index contributed by atoms with van der Waals surface area (Å²) < 4.78 is 4.99. The molecular formula is C23H31N3O5. The van der Waals surface area contributed by atoms with Crippen LogP contribution in [-0.2, 0) is 9.53 Å². The van der Waals surface area contributed by atoms with Crippen molar-refractivity contribution in [2.24, 2.45) is 5.41 Å². The summed E-state index contributed by atoms with van der Waals surface area (Å²) in [6.07, 6.45) is 1.93. The second-order valence-corrected chi connectivity index (χ2v) is 9.16. The van der Waals surface area contributed by atoms with Crippen LogP contribution in [0.2, 0.25) is 0 Å². The van der Waals surface area contributed by atoms with E-state index in [1.807, 2.05) is 20.8 Å². The number of nitrogens with zero attached hydrogens (tertiary/aromatic N) is 2. The first-order chi connectivity index (χ1) is 14.6. The molecule has 1 saturated heterocycles. The molecule has 168 valence electrons. The van der Waals surface area contributed by atoms with Crippen molar-refractivity contribution in [3.63, 3.8) is 0 Å². The van der Waals surface area contributed by atoms with Gasteiger partial charge < -0.3 is 15.0 Å². The third kappa shape index (κ3) is 4.95. The zero-order chi connectivity index (χ0) is 22.8. The van der Waals surface area contributed by atoms with Gasteiger partial charge in [-0.2, -0.15) is 0 Å². The molecular weight excluding hydrogens is 398 g/mol. The fourth-order valence-corrected chi connectivity index (χ4v) is 3.81. The largest absolute Gasteiger partial charge is 0.385 e. The fourth-order valence-electron chi connectivity index (χ4n) is 3.81. The Balaban J connectivity index is 1.63. The first-order valence-corrected chi connectivity index (χ1v) is 10.7. The molecule has 31 heavy (non-hydrogen) atoms. The van der Waals surface area contributed by atoms with Crippen molar-refractivity contribution in [1.29, 1.82) is 0 Å². The summed E-state index contributed by atoms with van der Waals surface area (Å²) >= 11 is 0. The molecule has 0 atom stereocenters. The molecule has 2 aliphatic heterocycles. The van der Waals surface area contributed by atoms with Gasteiger partial charge in [0.25, 0.3) is 17.7 Å². The number of rotatable bonds is 6. The maximum Gasteiger partial charge on any atom is 0.261 e. The van der Waals surface area contributed by atoms with Crippen molar-refractivity contribution < 1.29 is 23.9 Å². The number of amides is 4. The lowest BCUT2D eigenvalue weighted by Crippen LogP contribution is -2.49. The van der Waals surface area contributed by atoms with Crippen LogP contribution >= 0.6 is 0 Å². The van der Waals surface area contributed by atoms with E-state index in [0.29, 0.717) is 50.1 Å². The lowest BCUT2D eigenvalue weighted by Gasteiger charge is -2.33. The van der Waals surface area contributed by atoms with Crippen molar-refractivity contribution in [2.75, 3.05) is 33.4 Å². The van der Waals surface area contributed by atoms with Gasteiger partial charge in [0.05, 0.1) is 11.1 Å². The van der Waals surface area contributed by atoms with Crippen LogP contribution in [0.25, 0.3) is 0 Å². The highest BCUT2D eigenvalue weighted by Gasteiger charge is 2.36. The Morgan fingerprint density at radius 1 is 1.10 bits per heavy atom. The Morgan fingerprint density at radius 3 is 2.35 bits per heavy atom. The van der Waals surface area contributed by atoms with Gasteiger partial charge >= 0.3 is 0 Å². The molecule has 0 spiro atoms. The summed E-state index contributed by atoms with van der Waals surface area (Å²) in [5, 5.41) is 3.05. The smallest absolute Gasteiger partial charge is 0.261 e. The van der Waals surface area contributed by atoms with Gasteiger partial charge in [-0.1, -0.05) is 20.8 Å². The summed E-state index contributed by atoms with van der Waals surface area (Å²) in [6, 6.07) is 4.76. The molecule has 2 aliphatic rings. The van der Waals surface area contributed by atoms with Gasteiger partial charge in [-0.25, -0.2) is 0 Å². The molecule has 1 aromatic carbocycles. The molecule has 8 nitrogen and oxygen atoms in total. The molecule has 0 aromatic heterocycles. The SMILES string of the molecule is COCCCN1C(=O)c2ccc(C(=O)N3CCC(NC(=O)C(C)(C)C)CC3)cc2C1=O. The number of benzene rings is 1. The Bertz CT molecular complexity index is 882. The molecule has 1 fully saturated rings. The molecule has 3 rings (SSSR count). The standard InChI is InChI=1S/C23H31N3O5/c1-23(2,3)22(30)24-16-8-11-25(12-9-16)19(27)15-6-7-17-18(14-15)21(29)26(20(17)28)10-5-13-31-4/h6-7,14,16H,5,8-13H2,1-4H3,(H,24,30). The molecule has 1 aromatic rings. The monoisotopic (exact) mass is 429 g/mol. The molecule has 4 amide bonds.